The summed E-state index contributed by atoms with van der Waals surface area (Å²) in [5.41, 5.74) is 4.94. The van der Waals surface area contributed by atoms with E-state index in [0.717, 1.165) is 6.08 Å². The number of hydrogen-bond donors (Lipinski definition) is 1. The number of benzene rings is 1. The number of ether oxygens (including phenoxy) is 2. The minimum absolute atomic E-state index is 0.204. The molecule has 0 heterocycles. The second-order valence-corrected chi connectivity index (χ2v) is 3.26. The Morgan fingerprint density at radius 3 is 2.33 bits per heavy atom. The monoisotopic (exact) mass is 252 g/mol. The molecule has 18 heavy (non-hydrogen) atoms. The van der Waals surface area contributed by atoms with Crippen LogP contribution >= 0.6 is 0 Å². The number of carbonyl (C=O) groups excluding carboxylic acids is 1. The van der Waals surface area contributed by atoms with Gasteiger partial charge in [0.15, 0.2) is 11.5 Å². The third-order valence-electron chi connectivity index (χ3n) is 2.16. The summed E-state index contributed by atoms with van der Waals surface area (Å²) in [7, 11) is 2.78. The van der Waals surface area contributed by atoms with Crippen LogP contribution in [0.1, 0.15) is 5.56 Å². The van der Waals surface area contributed by atoms with Crippen molar-refractivity contribution in [2.75, 3.05) is 14.2 Å². The molecule has 1 amide bonds. The summed E-state index contributed by atoms with van der Waals surface area (Å²) in [5, 5.41) is 10.9. The second kappa shape index (κ2) is 5.67. The fourth-order valence-electron chi connectivity index (χ4n) is 1.35. The van der Waals surface area contributed by atoms with E-state index in [1.165, 1.54) is 32.4 Å². The van der Waals surface area contributed by atoms with Crippen LogP contribution in [0.3, 0.4) is 0 Å². The second-order valence-electron chi connectivity index (χ2n) is 3.26. The molecule has 7 heteroatoms. The summed E-state index contributed by atoms with van der Waals surface area (Å²) in [6.07, 6.45) is 2.29. The van der Waals surface area contributed by atoms with Gasteiger partial charge in [0.1, 0.15) is 0 Å². The van der Waals surface area contributed by atoms with Gasteiger partial charge < -0.3 is 15.2 Å². The van der Waals surface area contributed by atoms with Crippen molar-refractivity contribution >= 4 is 17.7 Å². The molecule has 0 spiro atoms. The molecule has 2 N–H and O–H groups in total. The van der Waals surface area contributed by atoms with Gasteiger partial charge in [-0.25, -0.2) is 0 Å². The van der Waals surface area contributed by atoms with E-state index < -0.39 is 10.8 Å². The van der Waals surface area contributed by atoms with Crippen LogP contribution < -0.4 is 15.2 Å². The minimum atomic E-state index is -0.695. The van der Waals surface area contributed by atoms with Crippen molar-refractivity contribution in [3.8, 4) is 11.5 Å². The van der Waals surface area contributed by atoms with E-state index in [-0.39, 0.29) is 17.0 Å². The van der Waals surface area contributed by atoms with Gasteiger partial charge in [-0.05, 0) is 12.1 Å². The molecule has 0 aliphatic rings. The number of rotatable bonds is 5. The van der Waals surface area contributed by atoms with Crippen LogP contribution in [0.5, 0.6) is 11.5 Å². The SMILES string of the molecule is COc1cc(C=CC(N)=O)c([N+](=O)[O-])cc1OC. The molecular formula is C11H12N2O5. The maximum absolute atomic E-state index is 10.9. The number of nitro benzene ring substituents is 1. The quantitative estimate of drug-likeness (QED) is 0.480. The normalized spacial score (nSPS) is 10.3. The zero-order chi connectivity index (χ0) is 13.7. The summed E-state index contributed by atoms with van der Waals surface area (Å²) in [5.74, 6) is -0.133. The highest BCUT2D eigenvalue weighted by molar-refractivity contribution is 5.91. The van der Waals surface area contributed by atoms with E-state index in [2.05, 4.69) is 0 Å². The molecule has 0 aromatic heterocycles. The molecule has 0 aliphatic carbocycles. The van der Waals surface area contributed by atoms with Crippen LogP contribution in [0.4, 0.5) is 5.69 Å². The first-order valence-electron chi connectivity index (χ1n) is 4.87. The zero-order valence-electron chi connectivity index (χ0n) is 9.88. The summed E-state index contributed by atoms with van der Waals surface area (Å²) < 4.78 is 9.98. The standard InChI is InChI=1S/C11H12N2O5/c1-17-9-5-7(3-4-11(12)14)8(13(15)16)6-10(9)18-2/h3-6H,1-2H3,(H2,12,14). The van der Waals surface area contributed by atoms with Gasteiger partial charge in [-0.15, -0.1) is 0 Å². The van der Waals surface area contributed by atoms with Crippen molar-refractivity contribution in [3.05, 3.63) is 33.9 Å². The Morgan fingerprint density at radius 2 is 1.89 bits per heavy atom. The molecule has 7 nitrogen and oxygen atoms in total. The number of primary amides is 1. The van der Waals surface area contributed by atoms with Crippen LogP contribution in [0.15, 0.2) is 18.2 Å². The fourth-order valence-corrected chi connectivity index (χ4v) is 1.35. The molecule has 96 valence electrons. The first-order chi connectivity index (χ1) is 8.49. The van der Waals surface area contributed by atoms with Crippen molar-refractivity contribution in [1.82, 2.24) is 0 Å². The molecule has 0 fully saturated rings. The van der Waals surface area contributed by atoms with Crippen molar-refractivity contribution < 1.29 is 19.2 Å². The first kappa shape index (κ1) is 13.5. The average molecular weight is 252 g/mol. The third kappa shape index (κ3) is 2.97. The lowest BCUT2D eigenvalue weighted by Crippen LogP contribution is -2.05. The molecule has 0 atom stereocenters. The molecule has 1 rings (SSSR count). The number of nitro groups is 1. The van der Waals surface area contributed by atoms with E-state index in [4.69, 9.17) is 15.2 Å². The molecule has 1 aromatic rings. The third-order valence-corrected chi connectivity index (χ3v) is 2.16. The Morgan fingerprint density at radius 1 is 1.33 bits per heavy atom. The van der Waals surface area contributed by atoms with Gasteiger partial charge >= 0.3 is 0 Å². The largest absolute Gasteiger partial charge is 0.493 e. The van der Waals surface area contributed by atoms with Crippen molar-refractivity contribution in [3.63, 3.8) is 0 Å². The Labute approximate surface area is 103 Å². The van der Waals surface area contributed by atoms with Crippen LogP contribution in [-0.2, 0) is 4.79 Å². The van der Waals surface area contributed by atoms with E-state index in [1.54, 1.807) is 0 Å². The van der Waals surface area contributed by atoms with E-state index in [9.17, 15) is 14.9 Å². The van der Waals surface area contributed by atoms with Gasteiger partial charge in [-0.2, -0.15) is 0 Å². The number of amides is 1. The van der Waals surface area contributed by atoms with Crippen molar-refractivity contribution in [2.24, 2.45) is 5.73 Å². The molecule has 0 radical (unpaired) electrons. The maximum atomic E-state index is 10.9. The Bertz CT molecular complexity index is 510. The van der Waals surface area contributed by atoms with E-state index in [0.29, 0.717) is 5.75 Å². The number of hydrogen-bond acceptors (Lipinski definition) is 5. The highest BCUT2D eigenvalue weighted by Gasteiger charge is 2.17. The van der Waals surface area contributed by atoms with Gasteiger partial charge in [0.25, 0.3) is 5.69 Å². The Hall–Kier alpha value is -2.57. The molecule has 0 aliphatic heterocycles. The molecule has 0 unspecified atom stereocenters. The van der Waals surface area contributed by atoms with Crippen LogP contribution in [0.2, 0.25) is 0 Å². The first-order valence-corrected chi connectivity index (χ1v) is 4.87. The number of methoxy groups -OCH3 is 2. The minimum Gasteiger partial charge on any atom is -0.493 e. The topological polar surface area (TPSA) is 105 Å². The zero-order valence-corrected chi connectivity index (χ0v) is 9.88. The summed E-state index contributed by atoms with van der Waals surface area (Å²) in [6, 6.07) is 2.62. The molecule has 0 saturated carbocycles. The highest BCUT2D eigenvalue weighted by atomic mass is 16.6. The van der Waals surface area contributed by atoms with Crippen molar-refractivity contribution in [1.29, 1.82) is 0 Å². The summed E-state index contributed by atoms with van der Waals surface area (Å²) >= 11 is 0. The summed E-state index contributed by atoms with van der Waals surface area (Å²) in [6.45, 7) is 0. The van der Waals surface area contributed by atoms with E-state index >= 15 is 0 Å². The highest BCUT2D eigenvalue weighted by Crippen LogP contribution is 2.34. The molecule has 0 saturated heterocycles. The molecule has 0 bridgehead atoms. The Balaban J connectivity index is 3.37. The smallest absolute Gasteiger partial charge is 0.280 e. The van der Waals surface area contributed by atoms with Gasteiger partial charge in [-0.1, -0.05) is 0 Å². The lowest BCUT2D eigenvalue weighted by molar-refractivity contribution is -0.385. The van der Waals surface area contributed by atoms with Crippen LogP contribution in [0, 0.1) is 10.1 Å². The fraction of sp³-hybridized carbons (Fsp3) is 0.182. The summed E-state index contributed by atoms with van der Waals surface area (Å²) in [4.78, 5) is 21.0. The van der Waals surface area contributed by atoms with Crippen molar-refractivity contribution in [2.45, 2.75) is 0 Å². The number of nitrogens with two attached hydrogens (primary N) is 1. The van der Waals surface area contributed by atoms with Crippen LogP contribution in [0.25, 0.3) is 6.08 Å². The number of carbonyl (C=O) groups is 1. The van der Waals surface area contributed by atoms with Gasteiger partial charge in [0.05, 0.1) is 30.8 Å². The van der Waals surface area contributed by atoms with Crippen LogP contribution in [-0.4, -0.2) is 25.1 Å². The van der Waals surface area contributed by atoms with Gasteiger partial charge in [0, 0.05) is 6.08 Å². The molecular weight excluding hydrogens is 240 g/mol. The molecule has 1 aromatic carbocycles. The van der Waals surface area contributed by atoms with E-state index in [1.807, 2.05) is 0 Å². The number of nitrogens with zero attached hydrogens (tertiary/aromatic N) is 1. The predicted molar refractivity (Wildman–Crippen MR) is 64.4 cm³/mol. The Kier molecular flexibility index (Phi) is 4.25. The predicted octanol–water partition coefficient (Wildman–Crippen LogP) is 1.11. The lowest BCUT2D eigenvalue weighted by Gasteiger charge is -2.08. The van der Waals surface area contributed by atoms with Gasteiger partial charge in [0.2, 0.25) is 5.91 Å². The average Bonchev–Trinajstić information content (AvgIpc) is 2.34. The van der Waals surface area contributed by atoms with Gasteiger partial charge in [-0.3, -0.25) is 14.9 Å². The maximum Gasteiger partial charge on any atom is 0.280 e. The lowest BCUT2D eigenvalue weighted by atomic mass is 10.1.